The summed E-state index contributed by atoms with van der Waals surface area (Å²) in [5.41, 5.74) is 1.33. The highest BCUT2D eigenvalue weighted by atomic mass is 16.5. The lowest BCUT2D eigenvalue weighted by atomic mass is 9.95. The van der Waals surface area contributed by atoms with Gasteiger partial charge in [0.05, 0.1) is 7.11 Å². The molecule has 2 aliphatic carbocycles. The zero-order chi connectivity index (χ0) is 8.55. The molecule has 2 fully saturated rings. The van der Waals surface area contributed by atoms with E-state index in [0.29, 0.717) is 5.92 Å². The first-order chi connectivity index (χ1) is 5.79. The van der Waals surface area contributed by atoms with E-state index in [1.54, 1.807) is 6.08 Å². The van der Waals surface area contributed by atoms with Gasteiger partial charge in [-0.2, -0.15) is 0 Å². The first kappa shape index (κ1) is 7.84. The summed E-state index contributed by atoms with van der Waals surface area (Å²) in [6.45, 7) is 0. The fourth-order valence-corrected chi connectivity index (χ4v) is 2.48. The number of hydrogen-bond donors (Lipinski definition) is 0. The van der Waals surface area contributed by atoms with Crippen LogP contribution in [0.3, 0.4) is 0 Å². The minimum atomic E-state index is -0.183. The number of hydrogen-bond acceptors (Lipinski definition) is 2. The molecule has 2 heteroatoms. The fraction of sp³-hybridized carbons (Fsp3) is 0.700. The van der Waals surface area contributed by atoms with Crippen LogP contribution in [0.25, 0.3) is 0 Å². The highest BCUT2D eigenvalue weighted by Gasteiger charge is 2.35. The van der Waals surface area contributed by atoms with Crippen molar-refractivity contribution in [2.75, 3.05) is 7.11 Å². The van der Waals surface area contributed by atoms with Crippen LogP contribution in [0.2, 0.25) is 0 Å². The first-order valence-electron chi connectivity index (χ1n) is 4.58. The molecule has 0 spiro atoms. The van der Waals surface area contributed by atoms with Gasteiger partial charge in [0.15, 0.2) is 0 Å². The molecule has 0 heterocycles. The molecule has 66 valence electrons. The minimum absolute atomic E-state index is 0.183. The van der Waals surface area contributed by atoms with E-state index in [2.05, 4.69) is 4.74 Å². The van der Waals surface area contributed by atoms with Gasteiger partial charge in [-0.1, -0.05) is 5.57 Å². The summed E-state index contributed by atoms with van der Waals surface area (Å²) in [6.07, 6.45) is 6.79. The Kier molecular flexibility index (Phi) is 1.91. The maximum Gasteiger partial charge on any atom is 0.330 e. The number of carbonyl (C=O) groups excluding carboxylic acids is 1. The Hall–Kier alpha value is -0.790. The largest absolute Gasteiger partial charge is 0.466 e. The maximum absolute atomic E-state index is 10.9. The van der Waals surface area contributed by atoms with Gasteiger partial charge in [-0.15, -0.1) is 0 Å². The lowest BCUT2D eigenvalue weighted by Gasteiger charge is -2.11. The quantitative estimate of drug-likeness (QED) is 0.439. The molecule has 0 saturated heterocycles. The second kappa shape index (κ2) is 2.92. The molecule has 2 rings (SSSR count). The van der Waals surface area contributed by atoms with Crippen LogP contribution in [0.15, 0.2) is 11.6 Å². The van der Waals surface area contributed by atoms with Gasteiger partial charge in [-0.3, -0.25) is 0 Å². The Morgan fingerprint density at radius 2 is 2.42 bits per heavy atom. The van der Waals surface area contributed by atoms with Crippen molar-refractivity contribution >= 4 is 5.97 Å². The molecule has 0 aromatic rings. The third-order valence-corrected chi connectivity index (χ3v) is 3.09. The molecule has 0 radical (unpaired) electrons. The van der Waals surface area contributed by atoms with E-state index in [1.165, 1.54) is 31.9 Å². The monoisotopic (exact) mass is 166 g/mol. The molecule has 12 heavy (non-hydrogen) atoms. The number of fused-ring (bicyclic) bond motifs is 2. The van der Waals surface area contributed by atoms with Gasteiger partial charge < -0.3 is 4.74 Å². The van der Waals surface area contributed by atoms with Gasteiger partial charge in [0.2, 0.25) is 0 Å². The molecule has 2 bridgehead atoms. The zero-order valence-corrected chi connectivity index (χ0v) is 7.38. The molecule has 2 unspecified atom stereocenters. The Bertz CT molecular complexity index is 230. The standard InChI is InChI=1S/C10H14O2/c1-12-10(11)6-9-5-7-2-3-8(9)4-7/h6-8H,2-5H2,1H3/b9-6+. The normalized spacial score (nSPS) is 35.9. The van der Waals surface area contributed by atoms with Crippen LogP contribution in [0.4, 0.5) is 0 Å². The van der Waals surface area contributed by atoms with Gasteiger partial charge in [0, 0.05) is 6.08 Å². The molecular formula is C10H14O2. The average Bonchev–Trinajstić information content (AvgIpc) is 2.64. The number of methoxy groups -OCH3 is 1. The number of ether oxygens (including phenoxy) is 1. The molecule has 0 aromatic carbocycles. The van der Waals surface area contributed by atoms with E-state index in [1.807, 2.05) is 0 Å². The van der Waals surface area contributed by atoms with Crippen LogP contribution in [0, 0.1) is 11.8 Å². The summed E-state index contributed by atoms with van der Waals surface area (Å²) >= 11 is 0. The SMILES string of the molecule is COC(=O)/C=C1\CC2CCC1C2. The molecule has 2 saturated carbocycles. The van der Waals surface area contributed by atoms with Crippen molar-refractivity contribution in [2.24, 2.45) is 11.8 Å². The fourth-order valence-electron chi connectivity index (χ4n) is 2.48. The summed E-state index contributed by atoms with van der Waals surface area (Å²) in [5.74, 6) is 1.39. The topological polar surface area (TPSA) is 26.3 Å². The van der Waals surface area contributed by atoms with Crippen LogP contribution >= 0.6 is 0 Å². The summed E-state index contributed by atoms with van der Waals surface area (Å²) in [6, 6.07) is 0. The van der Waals surface area contributed by atoms with Crippen molar-refractivity contribution in [3.05, 3.63) is 11.6 Å². The summed E-state index contributed by atoms with van der Waals surface area (Å²) in [5, 5.41) is 0. The van der Waals surface area contributed by atoms with Gasteiger partial charge >= 0.3 is 5.97 Å². The third kappa shape index (κ3) is 1.26. The van der Waals surface area contributed by atoms with E-state index < -0.39 is 0 Å². The van der Waals surface area contributed by atoms with E-state index in [4.69, 9.17) is 0 Å². The van der Waals surface area contributed by atoms with Crippen molar-refractivity contribution < 1.29 is 9.53 Å². The van der Waals surface area contributed by atoms with Crippen LogP contribution in [-0.4, -0.2) is 13.1 Å². The second-order valence-corrected chi connectivity index (χ2v) is 3.82. The van der Waals surface area contributed by atoms with E-state index in [0.717, 1.165) is 12.3 Å². The van der Waals surface area contributed by atoms with Crippen LogP contribution in [-0.2, 0) is 9.53 Å². The molecule has 2 aliphatic rings. The second-order valence-electron chi connectivity index (χ2n) is 3.82. The third-order valence-electron chi connectivity index (χ3n) is 3.09. The minimum Gasteiger partial charge on any atom is -0.466 e. The first-order valence-corrected chi connectivity index (χ1v) is 4.58. The molecule has 2 nitrogen and oxygen atoms in total. The van der Waals surface area contributed by atoms with Crippen molar-refractivity contribution in [1.82, 2.24) is 0 Å². The number of esters is 1. The van der Waals surface area contributed by atoms with Crippen molar-refractivity contribution in [1.29, 1.82) is 0 Å². The summed E-state index contributed by atoms with van der Waals surface area (Å²) in [4.78, 5) is 10.9. The highest BCUT2D eigenvalue weighted by Crippen LogP contribution is 2.47. The number of allylic oxidation sites excluding steroid dienone is 1. The van der Waals surface area contributed by atoms with E-state index in [9.17, 15) is 4.79 Å². The van der Waals surface area contributed by atoms with Gasteiger partial charge in [0.1, 0.15) is 0 Å². The maximum atomic E-state index is 10.9. The summed E-state index contributed by atoms with van der Waals surface area (Å²) in [7, 11) is 1.44. The van der Waals surface area contributed by atoms with Gasteiger partial charge in [0.25, 0.3) is 0 Å². The predicted octanol–water partition coefficient (Wildman–Crippen LogP) is 1.91. The van der Waals surface area contributed by atoms with E-state index >= 15 is 0 Å². The Labute approximate surface area is 72.6 Å². The van der Waals surface area contributed by atoms with Gasteiger partial charge in [-0.05, 0) is 37.5 Å². The molecule has 0 aromatic heterocycles. The van der Waals surface area contributed by atoms with E-state index in [-0.39, 0.29) is 5.97 Å². The molecule has 0 aliphatic heterocycles. The molecule has 2 atom stereocenters. The Morgan fingerprint density at radius 3 is 2.92 bits per heavy atom. The van der Waals surface area contributed by atoms with Crippen LogP contribution in [0.5, 0.6) is 0 Å². The lowest BCUT2D eigenvalue weighted by Crippen LogP contribution is -2.03. The highest BCUT2D eigenvalue weighted by molar-refractivity contribution is 5.82. The lowest BCUT2D eigenvalue weighted by molar-refractivity contribution is -0.134. The van der Waals surface area contributed by atoms with Crippen molar-refractivity contribution in [3.63, 3.8) is 0 Å². The van der Waals surface area contributed by atoms with Gasteiger partial charge in [-0.25, -0.2) is 4.79 Å². The smallest absolute Gasteiger partial charge is 0.330 e. The zero-order valence-electron chi connectivity index (χ0n) is 7.38. The number of rotatable bonds is 1. The van der Waals surface area contributed by atoms with Crippen LogP contribution < -0.4 is 0 Å². The van der Waals surface area contributed by atoms with Crippen molar-refractivity contribution in [2.45, 2.75) is 25.7 Å². The predicted molar refractivity (Wildman–Crippen MR) is 45.5 cm³/mol. The number of carbonyl (C=O) groups is 1. The summed E-state index contributed by atoms with van der Waals surface area (Å²) < 4.78 is 4.60. The Balaban J connectivity index is 2.06. The molecule has 0 N–H and O–H groups in total. The average molecular weight is 166 g/mol. The molecule has 0 amide bonds. The van der Waals surface area contributed by atoms with Crippen LogP contribution in [0.1, 0.15) is 25.7 Å². The van der Waals surface area contributed by atoms with Crippen molar-refractivity contribution in [3.8, 4) is 0 Å². The Morgan fingerprint density at radius 1 is 1.58 bits per heavy atom. The molecular weight excluding hydrogens is 152 g/mol.